The highest BCUT2D eigenvalue weighted by Crippen LogP contribution is 2.16. The summed E-state index contributed by atoms with van der Waals surface area (Å²) < 4.78 is 3.10. The van der Waals surface area contributed by atoms with Gasteiger partial charge in [0.05, 0.1) is 5.69 Å². The number of anilines is 2. The largest absolute Gasteiger partial charge is 0.383 e. The number of nitrogen functional groups attached to an aromatic ring is 1. The summed E-state index contributed by atoms with van der Waals surface area (Å²) in [6.45, 7) is 6.46. The lowest BCUT2D eigenvalue weighted by Crippen LogP contribution is -2.33. The maximum absolute atomic E-state index is 11.9. The van der Waals surface area contributed by atoms with Crippen LogP contribution >= 0.6 is 0 Å². The van der Waals surface area contributed by atoms with Crippen molar-refractivity contribution in [3.05, 3.63) is 37.8 Å². The number of aromatic nitrogens is 4. The molecule has 114 valence electrons. The van der Waals surface area contributed by atoms with Crippen LogP contribution in [0.1, 0.15) is 23.9 Å². The van der Waals surface area contributed by atoms with Crippen molar-refractivity contribution in [1.82, 2.24) is 19.3 Å². The van der Waals surface area contributed by atoms with Crippen LogP contribution in [-0.4, -0.2) is 19.3 Å². The number of aryl methyl sites for hydroxylation is 2. The third-order valence-corrected chi connectivity index (χ3v) is 3.66. The minimum atomic E-state index is -0.513. The molecule has 2 heterocycles. The van der Waals surface area contributed by atoms with Crippen LogP contribution in [0.2, 0.25) is 0 Å². The Morgan fingerprint density at radius 1 is 1.33 bits per heavy atom. The number of rotatable bonds is 4. The molecule has 0 unspecified atom stereocenters. The fraction of sp³-hybridized carbons (Fsp3) is 0.462. The average Bonchev–Trinajstić information content (AvgIpc) is 2.64. The zero-order valence-corrected chi connectivity index (χ0v) is 12.6. The van der Waals surface area contributed by atoms with Crippen LogP contribution in [0.5, 0.6) is 0 Å². The van der Waals surface area contributed by atoms with Gasteiger partial charge >= 0.3 is 5.69 Å². The summed E-state index contributed by atoms with van der Waals surface area (Å²) in [6, 6.07) is 0. The molecule has 0 saturated carbocycles. The van der Waals surface area contributed by atoms with Gasteiger partial charge in [-0.15, -0.1) is 0 Å². The van der Waals surface area contributed by atoms with E-state index >= 15 is 0 Å². The highest BCUT2D eigenvalue weighted by molar-refractivity contribution is 5.60. The molecule has 0 aliphatic carbocycles. The summed E-state index contributed by atoms with van der Waals surface area (Å²) in [6.07, 6.45) is 0. The molecule has 0 aromatic carbocycles. The lowest BCUT2D eigenvalue weighted by molar-refractivity contribution is 0.706. The number of nitrogens with zero attached hydrogens (tertiary/aromatic N) is 3. The Kier molecular flexibility index (Phi) is 3.88. The van der Waals surface area contributed by atoms with Gasteiger partial charge in [-0.05, 0) is 20.8 Å². The summed E-state index contributed by atoms with van der Waals surface area (Å²) in [5.74, 6) is 0.144. The second kappa shape index (κ2) is 5.47. The number of hydrogen-bond acceptors (Lipinski definition) is 5. The van der Waals surface area contributed by atoms with Crippen LogP contribution in [0.15, 0.2) is 9.59 Å². The van der Waals surface area contributed by atoms with Gasteiger partial charge in [0.15, 0.2) is 0 Å². The van der Waals surface area contributed by atoms with E-state index in [1.54, 1.807) is 11.6 Å². The fourth-order valence-electron chi connectivity index (χ4n) is 2.32. The number of hydrogen-bond donors (Lipinski definition) is 3. The van der Waals surface area contributed by atoms with E-state index in [1.807, 2.05) is 20.9 Å². The van der Waals surface area contributed by atoms with Gasteiger partial charge in [-0.2, -0.15) is 5.10 Å². The van der Waals surface area contributed by atoms with Gasteiger partial charge in [0.2, 0.25) is 0 Å². The summed E-state index contributed by atoms with van der Waals surface area (Å²) in [5.41, 5.74) is 8.00. The van der Waals surface area contributed by atoms with Crippen molar-refractivity contribution in [3.63, 3.8) is 0 Å². The number of aromatic amines is 1. The monoisotopic (exact) mass is 292 g/mol. The third-order valence-electron chi connectivity index (χ3n) is 3.66. The lowest BCUT2D eigenvalue weighted by Gasteiger charge is -2.12. The molecular weight excluding hydrogens is 272 g/mol. The maximum Gasteiger partial charge on any atom is 0.330 e. The van der Waals surface area contributed by atoms with Crippen molar-refractivity contribution >= 4 is 11.5 Å². The van der Waals surface area contributed by atoms with Crippen molar-refractivity contribution in [3.8, 4) is 0 Å². The van der Waals surface area contributed by atoms with Crippen molar-refractivity contribution in [2.45, 2.75) is 33.9 Å². The van der Waals surface area contributed by atoms with Gasteiger partial charge in [0, 0.05) is 31.4 Å². The van der Waals surface area contributed by atoms with Crippen LogP contribution in [-0.2, 0) is 20.1 Å². The van der Waals surface area contributed by atoms with Crippen LogP contribution in [0.4, 0.5) is 11.5 Å². The Morgan fingerprint density at radius 2 is 2.00 bits per heavy atom. The molecule has 2 aromatic rings. The van der Waals surface area contributed by atoms with Gasteiger partial charge in [-0.3, -0.25) is 19.0 Å². The molecule has 0 aliphatic rings. The van der Waals surface area contributed by atoms with Crippen LogP contribution < -0.4 is 22.3 Å². The fourth-order valence-corrected chi connectivity index (χ4v) is 2.32. The first-order valence-electron chi connectivity index (χ1n) is 6.72. The summed E-state index contributed by atoms with van der Waals surface area (Å²) in [7, 11) is 1.87. The average molecular weight is 292 g/mol. The molecule has 0 atom stereocenters. The van der Waals surface area contributed by atoms with E-state index in [4.69, 9.17) is 5.73 Å². The smallest absolute Gasteiger partial charge is 0.330 e. The topological polar surface area (TPSA) is 111 Å². The second-order valence-corrected chi connectivity index (χ2v) is 4.89. The first kappa shape index (κ1) is 14.9. The SMILES string of the molecule is CCn1c(N)c(NCc2c(C)nn(C)c2C)c(=O)[nH]c1=O. The maximum atomic E-state index is 11.9. The molecule has 0 radical (unpaired) electrons. The van der Waals surface area contributed by atoms with E-state index < -0.39 is 11.2 Å². The van der Waals surface area contributed by atoms with Crippen molar-refractivity contribution in [2.24, 2.45) is 7.05 Å². The van der Waals surface area contributed by atoms with Crippen molar-refractivity contribution in [1.29, 1.82) is 0 Å². The van der Waals surface area contributed by atoms with Crippen LogP contribution in [0, 0.1) is 13.8 Å². The second-order valence-electron chi connectivity index (χ2n) is 4.89. The molecule has 0 amide bonds. The zero-order valence-electron chi connectivity index (χ0n) is 12.6. The predicted molar refractivity (Wildman–Crippen MR) is 81.4 cm³/mol. The van der Waals surface area contributed by atoms with Gasteiger partial charge in [-0.25, -0.2) is 4.79 Å². The first-order chi connectivity index (χ1) is 9.86. The molecule has 8 nitrogen and oxygen atoms in total. The minimum absolute atomic E-state index is 0.144. The minimum Gasteiger partial charge on any atom is -0.383 e. The Labute approximate surface area is 121 Å². The molecule has 0 fully saturated rings. The van der Waals surface area contributed by atoms with Crippen LogP contribution in [0.3, 0.4) is 0 Å². The molecule has 2 aromatic heterocycles. The van der Waals surface area contributed by atoms with Crippen LogP contribution in [0.25, 0.3) is 0 Å². The molecular formula is C13H20N6O2. The predicted octanol–water partition coefficient (Wildman–Crippen LogP) is 0.101. The van der Waals surface area contributed by atoms with Crippen molar-refractivity contribution in [2.75, 3.05) is 11.1 Å². The lowest BCUT2D eigenvalue weighted by atomic mass is 10.2. The zero-order chi connectivity index (χ0) is 15.7. The molecule has 8 heteroatoms. The number of H-pyrrole nitrogens is 1. The molecule has 0 spiro atoms. The highest BCUT2D eigenvalue weighted by atomic mass is 16.2. The van der Waals surface area contributed by atoms with Gasteiger partial charge < -0.3 is 11.1 Å². The van der Waals surface area contributed by atoms with Gasteiger partial charge in [0.25, 0.3) is 5.56 Å². The summed E-state index contributed by atoms with van der Waals surface area (Å²) >= 11 is 0. The Hall–Kier alpha value is -2.51. The Bertz CT molecular complexity index is 783. The molecule has 0 bridgehead atoms. The molecule has 0 saturated heterocycles. The van der Waals surface area contributed by atoms with E-state index in [-0.39, 0.29) is 11.5 Å². The molecule has 0 aliphatic heterocycles. The van der Waals surface area contributed by atoms with Crippen molar-refractivity contribution < 1.29 is 0 Å². The number of nitrogens with one attached hydrogen (secondary N) is 2. The Balaban J connectivity index is 2.37. The molecule has 2 rings (SSSR count). The van der Waals surface area contributed by atoms with E-state index in [2.05, 4.69) is 15.4 Å². The Morgan fingerprint density at radius 3 is 2.52 bits per heavy atom. The van der Waals surface area contributed by atoms with Gasteiger partial charge in [0.1, 0.15) is 11.5 Å². The normalized spacial score (nSPS) is 10.9. The highest BCUT2D eigenvalue weighted by Gasteiger charge is 2.13. The van der Waals surface area contributed by atoms with Gasteiger partial charge in [-0.1, -0.05) is 0 Å². The van der Waals surface area contributed by atoms with E-state index in [1.165, 1.54) is 4.57 Å². The standard InChI is InChI=1S/C13H20N6O2/c1-5-19-11(14)10(12(20)16-13(19)21)15-6-9-7(2)17-18(4)8(9)3/h15H,5-6,14H2,1-4H3,(H,16,20,21). The van der Waals surface area contributed by atoms with E-state index in [9.17, 15) is 9.59 Å². The number of nitrogens with two attached hydrogens (primary N) is 1. The van der Waals surface area contributed by atoms with E-state index in [0.717, 1.165) is 17.0 Å². The van der Waals surface area contributed by atoms with E-state index in [0.29, 0.717) is 13.1 Å². The molecule has 21 heavy (non-hydrogen) atoms. The molecule has 4 N–H and O–H groups in total. The summed E-state index contributed by atoms with van der Waals surface area (Å²) in [5, 5.41) is 7.33. The quantitative estimate of drug-likeness (QED) is 0.740. The summed E-state index contributed by atoms with van der Waals surface area (Å²) in [4.78, 5) is 25.8. The third kappa shape index (κ3) is 2.56. The first-order valence-corrected chi connectivity index (χ1v) is 6.72.